The first kappa shape index (κ1) is 16.6. The SMILES string of the molecule is O=C(C1CCc2nc(-c3cccnc3)sc2C1)N1CCc2ccccc2C1. The summed E-state index contributed by atoms with van der Waals surface area (Å²) in [4.78, 5) is 25.5. The largest absolute Gasteiger partial charge is 0.338 e. The van der Waals surface area contributed by atoms with Crippen LogP contribution in [-0.4, -0.2) is 27.3 Å². The van der Waals surface area contributed by atoms with Gasteiger partial charge in [-0.15, -0.1) is 11.3 Å². The number of hydrogen-bond donors (Lipinski definition) is 0. The molecule has 2 aromatic heterocycles. The maximum absolute atomic E-state index is 13.1. The van der Waals surface area contributed by atoms with E-state index in [1.54, 1.807) is 17.5 Å². The molecule has 0 saturated heterocycles. The van der Waals surface area contributed by atoms with Crippen LogP contribution in [0.3, 0.4) is 0 Å². The van der Waals surface area contributed by atoms with E-state index in [4.69, 9.17) is 4.98 Å². The first-order valence-electron chi connectivity index (χ1n) is 9.52. The Bertz CT molecular complexity index is 982. The summed E-state index contributed by atoms with van der Waals surface area (Å²) in [5.41, 5.74) is 4.92. The van der Waals surface area contributed by atoms with Crippen LogP contribution in [0.2, 0.25) is 0 Å². The van der Waals surface area contributed by atoms with Crippen LogP contribution in [-0.2, 0) is 30.6 Å². The van der Waals surface area contributed by atoms with Crippen LogP contribution in [0.1, 0.15) is 28.1 Å². The molecule has 0 saturated carbocycles. The van der Waals surface area contributed by atoms with E-state index in [2.05, 4.69) is 34.1 Å². The lowest BCUT2D eigenvalue weighted by Crippen LogP contribution is -2.41. The standard InChI is InChI=1S/C22H21N3OS/c26-22(25-11-9-15-4-1-2-5-18(15)14-25)16-7-8-19-20(12-16)27-21(24-19)17-6-3-10-23-13-17/h1-6,10,13,16H,7-9,11-12,14H2. The van der Waals surface area contributed by atoms with E-state index >= 15 is 0 Å². The first-order valence-corrected chi connectivity index (χ1v) is 10.3. The number of benzene rings is 1. The van der Waals surface area contributed by atoms with Gasteiger partial charge in [0, 0.05) is 41.8 Å². The molecule has 5 heteroatoms. The third-order valence-electron chi connectivity index (χ3n) is 5.64. The van der Waals surface area contributed by atoms with Crippen LogP contribution in [0.25, 0.3) is 10.6 Å². The molecule has 0 spiro atoms. The Morgan fingerprint density at radius 1 is 1.11 bits per heavy atom. The van der Waals surface area contributed by atoms with Crippen molar-refractivity contribution >= 4 is 17.2 Å². The Kier molecular flexibility index (Phi) is 4.24. The lowest BCUT2D eigenvalue weighted by atomic mass is 9.89. The zero-order valence-electron chi connectivity index (χ0n) is 15.1. The Morgan fingerprint density at radius 3 is 2.85 bits per heavy atom. The molecule has 4 nitrogen and oxygen atoms in total. The van der Waals surface area contributed by atoms with Gasteiger partial charge in [-0.25, -0.2) is 4.98 Å². The predicted octanol–water partition coefficient (Wildman–Crippen LogP) is 3.89. The van der Waals surface area contributed by atoms with Gasteiger partial charge in [-0.1, -0.05) is 24.3 Å². The van der Waals surface area contributed by atoms with Crippen LogP contribution in [0.15, 0.2) is 48.8 Å². The molecule has 0 N–H and O–H groups in total. The number of carbonyl (C=O) groups is 1. The minimum atomic E-state index is 0.0879. The highest BCUT2D eigenvalue weighted by molar-refractivity contribution is 7.15. The van der Waals surface area contributed by atoms with Gasteiger partial charge >= 0.3 is 0 Å². The van der Waals surface area contributed by atoms with E-state index in [1.807, 2.05) is 18.3 Å². The Labute approximate surface area is 162 Å². The molecule has 1 aliphatic carbocycles. The molecule has 0 bridgehead atoms. The molecule has 1 amide bonds. The topological polar surface area (TPSA) is 46.1 Å². The number of aryl methyl sites for hydroxylation is 1. The second-order valence-electron chi connectivity index (χ2n) is 7.35. The smallest absolute Gasteiger partial charge is 0.226 e. The number of fused-ring (bicyclic) bond motifs is 2. The van der Waals surface area contributed by atoms with Crippen molar-refractivity contribution in [3.8, 4) is 10.6 Å². The number of thiazole rings is 1. The summed E-state index contributed by atoms with van der Waals surface area (Å²) >= 11 is 1.72. The van der Waals surface area contributed by atoms with E-state index in [1.165, 1.54) is 21.7 Å². The van der Waals surface area contributed by atoms with Gasteiger partial charge in [0.15, 0.2) is 0 Å². The highest BCUT2D eigenvalue weighted by Gasteiger charge is 2.32. The van der Waals surface area contributed by atoms with Gasteiger partial charge in [-0.3, -0.25) is 9.78 Å². The number of hydrogen-bond acceptors (Lipinski definition) is 4. The fourth-order valence-corrected chi connectivity index (χ4v) is 5.32. The molecule has 3 heterocycles. The normalized spacial score (nSPS) is 18.7. The molecule has 1 atom stereocenters. The van der Waals surface area contributed by atoms with Gasteiger partial charge in [0.05, 0.1) is 5.69 Å². The number of amides is 1. The van der Waals surface area contributed by atoms with Crippen molar-refractivity contribution in [3.63, 3.8) is 0 Å². The Morgan fingerprint density at radius 2 is 2.00 bits per heavy atom. The molecule has 1 unspecified atom stereocenters. The number of rotatable bonds is 2. The van der Waals surface area contributed by atoms with Crippen LogP contribution in [0, 0.1) is 5.92 Å². The fourth-order valence-electron chi connectivity index (χ4n) is 4.14. The molecular formula is C22H21N3OS. The van der Waals surface area contributed by atoms with Crippen molar-refractivity contribution in [2.24, 2.45) is 5.92 Å². The molecule has 1 aliphatic heterocycles. The highest BCUT2D eigenvalue weighted by atomic mass is 32.1. The van der Waals surface area contributed by atoms with Crippen molar-refractivity contribution in [1.29, 1.82) is 0 Å². The van der Waals surface area contributed by atoms with Crippen molar-refractivity contribution in [1.82, 2.24) is 14.9 Å². The zero-order chi connectivity index (χ0) is 18.2. The molecule has 5 rings (SSSR count). The van der Waals surface area contributed by atoms with Gasteiger partial charge in [0.25, 0.3) is 0 Å². The lowest BCUT2D eigenvalue weighted by Gasteiger charge is -2.32. The molecule has 136 valence electrons. The predicted molar refractivity (Wildman–Crippen MR) is 106 cm³/mol. The minimum absolute atomic E-state index is 0.0879. The van der Waals surface area contributed by atoms with E-state index in [0.29, 0.717) is 5.91 Å². The summed E-state index contributed by atoms with van der Waals surface area (Å²) < 4.78 is 0. The highest BCUT2D eigenvalue weighted by Crippen LogP contribution is 2.35. The van der Waals surface area contributed by atoms with E-state index < -0.39 is 0 Å². The summed E-state index contributed by atoms with van der Waals surface area (Å²) in [6.07, 6.45) is 7.23. The van der Waals surface area contributed by atoms with Crippen LogP contribution < -0.4 is 0 Å². The summed E-state index contributed by atoms with van der Waals surface area (Å²) in [5.74, 6) is 0.399. The second kappa shape index (κ2) is 6.89. The third-order valence-corrected chi connectivity index (χ3v) is 6.81. The second-order valence-corrected chi connectivity index (χ2v) is 8.43. The zero-order valence-corrected chi connectivity index (χ0v) is 15.9. The maximum Gasteiger partial charge on any atom is 0.226 e. The number of pyridine rings is 1. The first-order chi connectivity index (χ1) is 13.3. The Balaban J connectivity index is 1.32. The van der Waals surface area contributed by atoms with Crippen LogP contribution >= 0.6 is 11.3 Å². The Hall–Kier alpha value is -2.53. The summed E-state index contributed by atoms with van der Waals surface area (Å²) in [6, 6.07) is 12.5. The molecule has 2 aliphatic rings. The molecule has 1 aromatic carbocycles. The quantitative estimate of drug-likeness (QED) is 0.683. The minimum Gasteiger partial charge on any atom is -0.338 e. The van der Waals surface area contributed by atoms with Crippen molar-refractivity contribution in [2.75, 3.05) is 6.54 Å². The fraction of sp³-hybridized carbons (Fsp3) is 0.318. The maximum atomic E-state index is 13.1. The number of carbonyl (C=O) groups excluding carboxylic acids is 1. The number of aromatic nitrogens is 2. The summed E-state index contributed by atoms with van der Waals surface area (Å²) in [5, 5.41) is 1.02. The number of nitrogens with zero attached hydrogens (tertiary/aromatic N) is 3. The average Bonchev–Trinajstić information content (AvgIpc) is 3.17. The monoisotopic (exact) mass is 375 g/mol. The summed E-state index contributed by atoms with van der Waals surface area (Å²) in [6.45, 7) is 1.59. The van der Waals surface area contributed by atoms with Gasteiger partial charge in [0.2, 0.25) is 5.91 Å². The van der Waals surface area contributed by atoms with E-state index in [9.17, 15) is 4.79 Å². The van der Waals surface area contributed by atoms with Crippen molar-refractivity contribution < 1.29 is 4.79 Å². The molecule has 0 fully saturated rings. The molecule has 0 radical (unpaired) electrons. The lowest BCUT2D eigenvalue weighted by molar-refractivity contribution is -0.136. The van der Waals surface area contributed by atoms with E-state index in [0.717, 1.165) is 49.3 Å². The van der Waals surface area contributed by atoms with Crippen molar-refractivity contribution in [2.45, 2.75) is 32.2 Å². The van der Waals surface area contributed by atoms with Gasteiger partial charge in [0.1, 0.15) is 5.01 Å². The molecule has 3 aromatic rings. The van der Waals surface area contributed by atoms with Crippen molar-refractivity contribution in [3.05, 3.63) is 70.5 Å². The third kappa shape index (κ3) is 3.16. The summed E-state index contributed by atoms with van der Waals surface area (Å²) in [7, 11) is 0. The van der Waals surface area contributed by atoms with Crippen LogP contribution in [0.4, 0.5) is 0 Å². The van der Waals surface area contributed by atoms with Gasteiger partial charge in [-0.2, -0.15) is 0 Å². The van der Waals surface area contributed by atoms with E-state index in [-0.39, 0.29) is 5.92 Å². The van der Waals surface area contributed by atoms with Gasteiger partial charge in [-0.05, 0) is 48.9 Å². The molecular weight excluding hydrogens is 354 g/mol. The van der Waals surface area contributed by atoms with Gasteiger partial charge < -0.3 is 4.90 Å². The molecule has 27 heavy (non-hydrogen) atoms. The average molecular weight is 375 g/mol. The van der Waals surface area contributed by atoms with Crippen LogP contribution in [0.5, 0.6) is 0 Å².